The van der Waals surface area contributed by atoms with Crippen molar-refractivity contribution in [3.8, 4) is 0 Å². The third-order valence-electron chi connectivity index (χ3n) is 2.48. The van der Waals surface area contributed by atoms with Gasteiger partial charge in [-0.1, -0.05) is 12.9 Å². The molecule has 1 heterocycles. The Bertz CT molecular complexity index is 329. The van der Waals surface area contributed by atoms with E-state index in [1.54, 1.807) is 0 Å². The molecule has 1 aromatic carbocycles. The number of rotatable bonds is 1. The maximum Gasteiger partial charge on any atom is 0.324 e. The lowest BCUT2D eigenvalue weighted by atomic mass is 9.64. The minimum absolute atomic E-state index is 0.0469. The first-order valence-corrected chi connectivity index (χ1v) is 4.47. The molecule has 1 aromatic rings. The summed E-state index contributed by atoms with van der Waals surface area (Å²) in [6.45, 7) is 2.67. The van der Waals surface area contributed by atoms with E-state index in [2.05, 4.69) is 0 Å². The van der Waals surface area contributed by atoms with Crippen molar-refractivity contribution < 1.29 is 4.65 Å². The van der Waals surface area contributed by atoms with E-state index in [1.807, 2.05) is 25.0 Å². The zero-order valence-corrected chi connectivity index (χ0v) is 7.66. The van der Waals surface area contributed by atoms with E-state index >= 15 is 0 Å². The summed E-state index contributed by atoms with van der Waals surface area (Å²) in [5.41, 5.74) is 14.4. The van der Waals surface area contributed by atoms with Gasteiger partial charge in [0.1, 0.15) is 0 Å². The first-order valence-electron chi connectivity index (χ1n) is 4.47. The highest BCUT2D eigenvalue weighted by Crippen LogP contribution is 2.23. The lowest BCUT2D eigenvalue weighted by molar-refractivity contribution is 0.235. The second kappa shape index (κ2) is 3.05. The van der Waals surface area contributed by atoms with Crippen LogP contribution in [0, 0.1) is 0 Å². The summed E-state index contributed by atoms with van der Waals surface area (Å²) in [5.74, 6) is 0. The Morgan fingerprint density at radius 3 is 3.00 bits per heavy atom. The maximum absolute atomic E-state index is 5.69. The highest BCUT2D eigenvalue weighted by molar-refractivity contribution is 6.67. The Labute approximate surface area is 78.2 Å². The molecule has 0 amide bonds. The Balaban J connectivity index is 2.46. The number of nitrogen functional groups attached to an aromatic ring is 1. The normalized spacial score (nSPS) is 20.5. The monoisotopic (exact) mass is 176 g/mol. The summed E-state index contributed by atoms with van der Waals surface area (Å²) >= 11 is 0. The number of fused-ring (bicyclic) bond motifs is 1. The van der Waals surface area contributed by atoms with Crippen molar-refractivity contribution in [2.45, 2.75) is 12.9 Å². The van der Waals surface area contributed by atoms with Gasteiger partial charge in [0.15, 0.2) is 0 Å². The van der Waals surface area contributed by atoms with E-state index in [1.165, 1.54) is 11.0 Å². The molecule has 1 aliphatic rings. The average molecular weight is 176 g/mol. The summed E-state index contributed by atoms with van der Waals surface area (Å²) in [6.07, 6.45) is 0.0469. The summed E-state index contributed by atoms with van der Waals surface area (Å²) in [4.78, 5) is 0. The van der Waals surface area contributed by atoms with Gasteiger partial charge in [0.25, 0.3) is 0 Å². The average Bonchev–Trinajstić information content (AvgIpc) is 2.43. The van der Waals surface area contributed by atoms with Gasteiger partial charge in [0, 0.05) is 12.2 Å². The first-order chi connectivity index (χ1) is 6.22. The van der Waals surface area contributed by atoms with Gasteiger partial charge in [-0.2, -0.15) is 0 Å². The maximum atomic E-state index is 5.69. The van der Waals surface area contributed by atoms with Gasteiger partial charge >= 0.3 is 6.92 Å². The predicted molar refractivity (Wildman–Crippen MR) is 55.0 cm³/mol. The lowest BCUT2D eigenvalue weighted by Gasteiger charge is -2.08. The van der Waals surface area contributed by atoms with Crippen LogP contribution in [0.15, 0.2) is 18.2 Å². The van der Waals surface area contributed by atoms with Crippen LogP contribution in [0.3, 0.4) is 0 Å². The number of anilines is 1. The molecule has 0 fully saturated rings. The molecule has 68 valence electrons. The van der Waals surface area contributed by atoms with Crippen molar-refractivity contribution in [1.82, 2.24) is 0 Å². The van der Waals surface area contributed by atoms with E-state index in [-0.39, 0.29) is 13.0 Å². The van der Waals surface area contributed by atoms with E-state index in [0.29, 0.717) is 6.54 Å². The Morgan fingerprint density at radius 2 is 2.31 bits per heavy atom. The van der Waals surface area contributed by atoms with Crippen molar-refractivity contribution in [2.75, 3.05) is 12.3 Å². The number of nitrogens with two attached hydrogens (primary N) is 2. The molecule has 0 saturated carbocycles. The molecule has 1 aliphatic heterocycles. The summed E-state index contributed by atoms with van der Waals surface area (Å²) in [7, 11) is 0. The molecule has 4 N–H and O–H groups in total. The van der Waals surface area contributed by atoms with Gasteiger partial charge in [-0.25, -0.2) is 0 Å². The molecule has 0 unspecified atom stereocenters. The molecule has 0 aromatic heterocycles. The molecular weight excluding hydrogens is 163 g/mol. The molecule has 0 spiro atoms. The van der Waals surface area contributed by atoms with Crippen LogP contribution in [0.1, 0.15) is 11.7 Å². The van der Waals surface area contributed by atoms with Crippen LogP contribution in [0.25, 0.3) is 0 Å². The SMILES string of the molecule is CB1O[C@H](CN)c2ccc(N)cc21. The first kappa shape index (κ1) is 8.60. The van der Waals surface area contributed by atoms with Crippen LogP contribution < -0.4 is 16.9 Å². The minimum atomic E-state index is 0.0469. The molecule has 0 saturated heterocycles. The minimum Gasteiger partial charge on any atom is -0.423 e. The number of benzene rings is 1. The lowest BCUT2D eigenvalue weighted by Crippen LogP contribution is -2.24. The highest BCUT2D eigenvalue weighted by atomic mass is 16.5. The van der Waals surface area contributed by atoms with Crippen LogP contribution in [0.4, 0.5) is 5.69 Å². The molecule has 0 radical (unpaired) electrons. The Morgan fingerprint density at radius 1 is 1.54 bits per heavy atom. The summed E-state index contributed by atoms with van der Waals surface area (Å²) in [5, 5.41) is 0. The quantitative estimate of drug-likeness (QED) is 0.472. The molecule has 3 nitrogen and oxygen atoms in total. The fraction of sp³-hybridized carbons (Fsp3) is 0.333. The van der Waals surface area contributed by atoms with Crippen molar-refractivity contribution in [3.63, 3.8) is 0 Å². The van der Waals surface area contributed by atoms with E-state index in [4.69, 9.17) is 16.1 Å². The highest BCUT2D eigenvalue weighted by Gasteiger charge is 2.30. The van der Waals surface area contributed by atoms with Crippen LogP contribution in [-0.2, 0) is 4.65 Å². The Hall–Kier alpha value is -0.995. The number of hydrogen-bond acceptors (Lipinski definition) is 3. The topological polar surface area (TPSA) is 61.3 Å². The molecule has 2 rings (SSSR count). The van der Waals surface area contributed by atoms with Gasteiger partial charge in [-0.05, 0) is 23.2 Å². The van der Waals surface area contributed by atoms with E-state index < -0.39 is 0 Å². The number of hydrogen-bond donors (Lipinski definition) is 2. The summed E-state index contributed by atoms with van der Waals surface area (Å²) in [6, 6.07) is 5.87. The fourth-order valence-electron chi connectivity index (χ4n) is 1.81. The smallest absolute Gasteiger partial charge is 0.324 e. The van der Waals surface area contributed by atoms with Crippen LogP contribution in [-0.4, -0.2) is 13.5 Å². The molecule has 13 heavy (non-hydrogen) atoms. The van der Waals surface area contributed by atoms with Gasteiger partial charge in [-0.15, -0.1) is 0 Å². The zero-order chi connectivity index (χ0) is 9.42. The second-order valence-electron chi connectivity index (χ2n) is 3.39. The van der Waals surface area contributed by atoms with E-state index in [9.17, 15) is 0 Å². The zero-order valence-electron chi connectivity index (χ0n) is 7.66. The van der Waals surface area contributed by atoms with Crippen molar-refractivity contribution >= 4 is 18.1 Å². The standard InChI is InChI=1S/C9H13BN2O/c1-10-8-4-6(12)2-3-7(8)9(5-11)13-10/h2-4,9H,5,11-12H2,1H3/t9-/m1/s1. The third-order valence-corrected chi connectivity index (χ3v) is 2.48. The van der Waals surface area contributed by atoms with Crippen LogP contribution in [0.5, 0.6) is 0 Å². The van der Waals surface area contributed by atoms with Crippen molar-refractivity contribution in [1.29, 1.82) is 0 Å². The van der Waals surface area contributed by atoms with Gasteiger partial charge in [0.05, 0.1) is 6.10 Å². The molecule has 0 aliphatic carbocycles. The van der Waals surface area contributed by atoms with Crippen LogP contribution >= 0.6 is 0 Å². The predicted octanol–water partition coefficient (Wildman–Crippen LogP) is 0.127. The fourth-order valence-corrected chi connectivity index (χ4v) is 1.81. The summed E-state index contributed by atoms with van der Waals surface area (Å²) < 4.78 is 5.66. The van der Waals surface area contributed by atoms with Gasteiger partial charge in [-0.3, -0.25) is 0 Å². The van der Waals surface area contributed by atoms with Crippen molar-refractivity contribution in [3.05, 3.63) is 23.8 Å². The van der Waals surface area contributed by atoms with E-state index in [0.717, 1.165) is 5.69 Å². The molecule has 0 bridgehead atoms. The third kappa shape index (κ3) is 1.32. The van der Waals surface area contributed by atoms with Gasteiger partial charge < -0.3 is 16.1 Å². The Kier molecular flexibility index (Phi) is 2.02. The molecule has 1 atom stereocenters. The second-order valence-corrected chi connectivity index (χ2v) is 3.39. The van der Waals surface area contributed by atoms with Gasteiger partial charge in [0.2, 0.25) is 0 Å². The van der Waals surface area contributed by atoms with Crippen molar-refractivity contribution in [2.24, 2.45) is 5.73 Å². The van der Waals surface area contributed by atoms with Crippen LogP contribution in [0.2, 0.25) is 6.82 Å². The molecule has 4 heteroatoms. The molecular formula is C9H13BN2O. The largest absolute Gasteiger partial charge is 0.423 e.